The lowest BCUT2D eigenvalue weighted by atomic mass is 10.2. The maximum Gasteiger partial charge on any atom is 0.243 e. The number of benzene rings is 2. The first kappa shape index (κ1) is 18.9. The van der Waals surface area contributed by atoms with Gasteiger partial charge in [-0.2, -0.15) is 4.31 Å². The average molecular weight is 393 g/mol. The molecule has 0 heterocycles. The Morgan fingerprint density at radius 1 is 1.15 bits per heavy atom. The summed E-state index contributed by atoms with van der Waals surface area (Å²) >= 11 is 6.19. The van der Waals surface area contributed by atoms with Crippen molar-refractivity contribution in [1.82, 2.24) is 9.62 Å². The van der Waals surface area contributed by atoms with Crippen molar-refractivity contribution in [2.24, 2.45) is 0 Å². The third-order valence-electron chi connectivity index (χ3n) is 4.23. The second kappa shape index (κ2) is 7.78. The molecule has 1 aliphatic carbocycles. The predicted molar refractivity (Wildman–Crippen MR) is 101 cm³/mol. The van der Waals surface area contributed by atoms with E-state index in [1.165, 1.54) is 4.31 Å². The fraction of sp³-hybridized carbons (Fsp3) is 0.316. The van der Waals surface area contributed by atoms with Crippen molar-refractivity contribution in [2.75, 3.05) is 6.54 Å². The summed E-state index contributed by atoms with van der Waals surface area (Å²) in [6, 6.07) is 13.8. The van der Waals surface area contributed by atoms with Gasteiger partial charge in [-0.15, -0.1) is 0 Å². The van der Waals surface area contributed by atoms with Gasteiger partial charge < -0.3 is 5.32 Å². The molecule has 1 N–H and O–H groups in total. The van der Waals surface area contributed by atoms with Crippen LogP contribution in [0.25, 0.3) is 0 Å². The number of aryl methyl sites for hydroxylation is 1. The minimum Gasteiger partial charge on any atom is -0.352 e. The maximum atomic E-state index is 13.1. The maximum absolute atomic E-state index is 13.1. The molecule has 26 heavy (non-hydrogen) atoms. The van der Waals surface area contributed by atoms with Crippen LogP contribution in [0.2, 0.25) is 5.02 Å². The SMILES string of the molecule is Cc1ccc(S(=O)(=O)N(CC(=O)NC2CC2)Cc2ccccc2Cl)cc1. The van der Waals surface area contributed by atoms with E-state index in [-0.39, 0.29) is 29.9 Å². The van der Waals surface area contributed by atoms with E-state index < -0.39 is 10.0 Å². The Bertz CT molecular complexity index is 893. The molecule has 0 aromatic heterocycles. The molecule has 1 amide bonds. The quantitative estimate of drug-likeness (QED) is 0.787. The minimum atomic E-state index is -3.83. The fourth-order valence-electron chi connectivity index (χ4n) is 2.56. The lowest BCUT2D eigenvalue weighted by Crippen LogP contribution is -2.41. The highest BCUT2D eigenvalue weighted by Gasteiger charge is 2.30. The summed E-state index contributed by atoms with van der Waals surface area (Å²) in [5.41, 5.74) is 1.62. The fourth-order valence-corrected chi connectivity index (χ4v) is 4.13. The van der Waals surface area contributed by atoms with E-state index in [1.54, 1.807) is 48.5 Å². The van der Waals surface area contributed by atoms with Crippen LogP contribution in [-0.2, 0) is 21.4 Å². The molecular formula is C19H21ClN2O3S. The molecule has 1 saturated carbocycles. The van der Waals surface area contributed by atoms with Gasteiger partial charge in [-0.3, -0.25) is 4.79 Å². The van der Waals surface area contributed by atoms with Gasteiger partial charge in [0.1, 0.15) is 0 Å². The van der Waals surface area contributed by atoms with Crippen molar-refractivity contribution in [3.63, 3.8) is 0 Å². The van der Waals surface area contributed by atoms with E-state index in [0.717, 1.165) is 18.4 Å². The molecule has 3 rings (SSSR count). The van der Waals surface area contributed by atoms with E-state index in [2.05, 4.69) is 5.32 Å². The number of sulfonamides is 1. The molecule has 0 saturated heterocycles. The van der Waals surface area contributed by atoms with E-state index in [4.69, 9.17) is 11.6 Å². The van der Waals surface area contributed by atoms with Crippen LogP contribution >= 0.6 is 11.6 Å². The third-order valence-corrected chi connectivity index (χ3v) is 6.40. The molecule has 0 unspecified atom stereocenters. The second-order valence-electron chi connectivity index (χ2n) is 6.52. The van der Waals surface area contributed by atoms with Crippen molar-refractivity contribution in [2.45, 2.75) is 37.2 Å². The number of halogens is 1. The Hall–Kier alpha value is -1.89. The number of carbonyl (C=O) groups excluding carboxylic acids is 1. The molecule has 2 aromatic carbocycles. The van der Waals surface area contributed by atoms with E-state index in [1.807, 2.05) is 6.92 Å². The zero-order valence-electron chi connectivity index (χ0n) is 14.5. The molecule has 0 bridgehead atoms. The van der Waals surface area contributed by atoms with E-state index in [9.17, 15) is 13.2 Å². The zero-order chi connectivity index (χ0) is 18.7. The Balaban J connectivity index is 1.88. The number of nitrogens with zero attached hydrogens (tertiary/aromatic N) is 1. The molecule has 0 radical (unpaired) electrons. The van der Waals surface area contributed by atoms with Crippen LogP contribution in [0.1, 0.15) is 24.0 Å². The number of hydrogen-bond acceptors (Lipinski definition) is 3. The van der Waals surface area contributed by atoms with Crippen LogP contribution < -0.4 is 5.32 Å². The summed E-state index contributed by atoms with van der Waals surface area (Å²) in [6.45, 7) is 1.69. The number of rotatable bonds is 7. The molecule has 0 spiro atoms. The van der Waals surface area contributed by atoms with Gasteiger partial charge in [0.25, 0.3) is 0 Å². The zero-order valence-corrected chi connectivity index (χ0v) is 16.1. The van der Waals surface area contributed by atoms with Gasteiger partial charge in [-0.05, 0) is 43.5 Å². The molecule has 138 valence electrons. The number of carbonyl (C=O) groups is 1. The minimum absolute atomic E-state index is 0.0357. The topological polar surface area (TPSA) is 66.5 Å². The van der Waals surface area contributed by atoms with Crippen LogP contribution in [0.3, 0.4) is 0 Å². The largest absolute Gasteiger partial charge is 0.352 e. The highest BCUT2D eigenvalue weighted by molar-refractivity contribution is 7.89. The Morgan fingerprint density at radius 2 is 1.81 bits per heavy atom. The standard InChI is InChI=1S/C19H21ClN2O3S/c1-14-6-10-17(11-7-14)26(24,25)22(13-19(23)21-16-8-9-16)12-15-4-2-3-5-18(15)20/h2-7,10-11,16H,8-9,12-13H2,1H3,(H,21,23). The summed E-state index contributed by atoms with van der Waals surface area (Å²) < 4.78 is 27.4. The van der Waals surface area contributed by atoms with Gasteiger partial charge >= 0.3 is 0 Å². The van der Waals surface area contributed by atoms with Crippen molar-refractivity contribution in [1.29, 1.82) is 0 Å². The van der Waals surface area contributed by atoms with Crippen LogP contribution in [0.15, 0.2) is 53.4 Å². The lowest BCUT2D eigenvalue weighted by Gasteiger charge is -2.22. The summed E-state index contributed by atoms with van der Waals surface area (Å²) in [5.74, 6) is -0.296. The normalized spacial score (nSPS) is 14.4. The lowest BCUT2D eigenvalue weighted by molar-refractivity contribution is -0.121. The second-order valence-corrected chi connectivity index (χ2v) is 8.86. The van der Waals surface area contributed by atoms with Gasteiger partial charge in [0.05, 0.1) is 11.4 Å². The van der Waals surface area contributed by atoms with Gasteiger partial charge in [0, 0.05) is 17.6 Å². The highest BCUT2D eigenvalue weighted by atomic mass is 35.5. The number of nitrogens with one attached hydrogen (secondary N) is 1. The summed E-state index contributed by atoms with van der Waals surface area (Å²) in [4.78, 5) is 12.4. The molecule has 1 aliphatic rings. The first-order valence-electron chi connectivity index (χ1n) is 8.46. The molecule has 0 aliphatic heterocycles. The highest BCUT2D eigenvalue weighted by Crippen LogP contribution is 2.23. The van der Waals surface area contributed by atoms with Crippen molar-refractivity contribution >= 4 is 27.5 Å². The third kappa shape index (κ3) is 4.63. The first-order valence-corrected chi connectivity index (χ1v) is 10.3. The van der Waals surface area contributed by atoms with E-state index >= 15 is 0 Å². The molecule has 2 aromatic rings. The molecule has 0 atom stereocenters. The summed E-state index contributed by atoms with van der Waals surface area (Å²) in [5, 5.41) is 3.31. The van der Waals surface area contributed by atoms with Crippen molar-refractivity contribution in [3.05, 3.63) is 64.7 Å². The number of amides is 1. The van der Waals surface area contributed by atoms with E-state index in [0.29, 0.717) is 10.6 Å². The Morgan fingerprint density at radius 3 is 2.42 bits per heavy atom. The monoisotopic (exact) mass is 392 g/mol. The smallest absolute Gasteiger partial charge is 0.243 e. The Labute approximate surface area is 159 Å². The molecule has 1 fully saturated rings. The van der Waals surface area contributed by atoms with Gasteiger partial charge in [-0.1, -0.05) is 47.5 Å². The first-order chi connectivity index (χ1) is 12.4. The van der Waals surface area contributed by atoms with Crippen molar-refractivity contribution < 1.29 is 13.2 Å². The van der Waals surface area contributed by atoms with Crippen LogP contribution in [0, 0.1) is 6.92 Å². The molecule has 5 nitrogen and oxygen atoms in total. The van der Waals surface area contributed by atoms with Crippen molar-refractivity contribution in [3.8, 4) is 0 Å². The predicted octanol–water partition coefficient (Wildman–Crippen LogP) is 3.12. The average Bonchev–Trinajstić information content (AvgIpc) is 3.40. The Kier molecular flexibility index (Phi) is 5.65. The molecule has 7 heteroatoms. The summed E-state index contributed by atoms with van der Waals surface area (Å²) in [6.07, 6.45) is 1.89. The van der Waals surface area contributed by atoms with Gasteiger partial charge in [0.2, 0.25) is 15.9 Å². The summed E-state index contributed by atoms with van der Waals surface area (Å²) in [7, 11) is -3.83. The van der Waals surface area contributed by atoms with Gasteiger partial charge in [-0.25, -0.2) is 8.42 Å². The van der Waals surface area contributed by atoms with Crippen LogP contribution in [-0.4, -0.2) is 31.2 Å². The van der Waals surface area contributed by atoms with Gasteiger partial charge in [0.15, 0.2) is 0 Å². The van der Waals surface area contributed by atoms with Crippen LogP contribution in [0.5, 0.6) is 0 Å². The molecular weight excluding hydrogens is 372 g/mol. The number of hydrogen-bond donors (Lipinski definition) is 1. The van der Waals surface area contributed by atoms with Crippen LogP contribution in [0.4, 0.5) is 0 Å².